The first-order valence-electron chi connectivity index (χ1n) is 6.62. The van der Waals surface area contributed by atoms with Crippen LogP contribution < -0.4 is 5.73 Å². The van der Waals surface area contributed by atoms with Gasteiger partial charge in [0, 0.05) is 22.8 Å². The van der Waals surface area contributed by atoms with Crippen molar-refractivity contribution in [1.82, 2.24) is 9.55 Å². The Kier molecular flexibility index (Phi) is 3.14. The van der Waals surface area contributed by atoms with Crippen LogP contribution in [0.3, 0.4) is 0 Å². The molecule has 0 fully saturated rings. The topological polar surface area (TPSA) is 43.8 Å². The number of aromatic nitrogens is 2. The molecule has 0 aliphatic heterocycles. The van der Waals surface area contributed by atoms with Crippen LogP contribution in [-0.2, 0) is 6.54 Å². The summed E-state index contributed by atoms with van der Waals surface area (Å²) in [5.74, 6) is 0.952. The van der Waals surface area contributed by atoms with E-state index in [1.165, 1.54) is 0 Å². The lowest BCUT2D eigenvalue weighted by atomic mass is 10.1. The summed E-state index contributed by atoms with van der Waals surface area (Å²) in [6, 6.07) is 11.8. The number of nitrogens with zero attached hydrogens (tertiary/aromatic N) is 2. The van der Waals surface area contributed by atoms with Crippen LogP contribution in [0.15, 0.2) is 36.4 Å². The van der Waals surface area contributed by atoms with Crippen LogP contribution in [0.25, 0.3) is 22.4 Å². The quantitative estimate of drug-likeness (QED) is 0.715. The smallest absolute Gasteiger partial charge is 0.141 e. The maximum absolute atomic E-state index is 6.09. The van der Waals surface area contributed by atoms with E-state index in [4.69, 9.17) is 22.3 Å². The average Bonchev–Trinajstić information content (AvgIpc) is 2.79. The van der Waals surface area contributed by atoms with Crippen molar-refractivity contribution >= 4 is 28.3 Å². The van der Waals surface area contributed by atoms with Crippen LogP contribution in [0.5, 0.6) is 0 Å². The van der Waals surface area contributed by atoms with Crippen molar-refractivity contribution < 1.29 is 0 Å². The van der Waals surface area contributed by atoms with Gasteiger partial charge in [-0.3, -0.25) is 0 Å². The summed E-state index contributed by atoms with van der Waals surface area (Å²) in [7, 11) is 0. The molecule has 0 saturated carbocycles. The first-order chi connectivity index (χ1) is 9.60. The third-order valence-corrected chi connectivity index (χ3v) is 3.79. The zero-order valence-electron chi connectivity index (χ0n) is 11.5. The lowest BCUT2D eigenvalue weighted by molar-refractivity contribution is 0.796. The Morgan fingerprint density at radius 1 is 1.20 bits per heavy atom. The highest BCUT2D eigenvalue weighted by atomic mass is 35.5. The molecule has 0 amide bonds. The zero-order valence-corrected chi connectivity index (χ0v) is 12.3. The summed E-state index contributed by atoms with van der Waals surface area (Å²) >= 11 is 6.09. The Morgan fingerprint density at radius 2 is 2.00 bits per heavy atom. The number of hydrogen-bond donors (Lipinski definition) is 1. The van der Waals surface area contributed by atoms with Gasteiger partial charge in [-0.25, -0.2) is 4.98 Å². The summed E-state index contributed by atoms with van der Waals surface area (Å²) < 4.78 is 2.17. The van der Waals surface area contributed by atoms with Crippen molar-refractivity contribution in [2.45, 2.75) is 20.4 Å². The fourth-order valence-corrected chi connectivity index (χ4v) is 2.62. The van der Waals surface area contributed by atoms with Gasteiger partial charge >= 0.3 is 0 Å². The number of fused-ring (bicyclic) bond motifs is 1. The summed E-state index contributed by atoms with van der Waals surface area (Å²) in [5.41, 5.74) is 10.8. The van der Waals surface area contributed by atoms with Gasteiger partial charge in [-0.05, 0) is 55.8 Å². The molecular weight excluding hydrogens is 270 g/mol. The number of imidazole rings is 1. The van der Waals surface area contributed by atoms with E-state index in [9.17, 15) is 0 Å². The van der Waals surface area contributed by atoms with Crippen molar-refractivity contribution in [2.75, 3.05) is 5.73 Å². The van der Waals surface area contributed by atoms with E-state index >= 15 is 0 Å². The molecule has 0 saturated heterocycles. The van der Waals surface area contributed by atoms with E-state index in [2.05, 4.69) is 17.6 Å². The van der Waals surface area contributed by atoms with Gasteiger partial charge in [0.15, 0.2) is 0 Å². The predicted molar refractivity (Wildman–Crippen MR) is 85.0 cm³/mol. The lowest BCUT2D eigenvalue weighted by Gasteiger charge is -2.08. The van der Waals surface area contributed by atoms with Gasteiger partial charge in [-0.1, -0.05) is 11.6 Å². The standard InChI is InChI=1S/C16H16ClN3/c1-3-20-15-9-12(17)5-7-14(15)19-16(20)11-4-6-13(18)10(2)8-11/h4-9H,3,18H2,1-2H3. The second-order valence-corrected chi connectivity index (χ2v) is 5.32. The molecule has 3 nitrogen and oxygen atoms in total. The van der Waals surface area contributed by atoms with Gasteiger partial charge in [-0.2, -0.15) is 0 Å². The van der Waals surface area contributed by atoms with E-state index in [-0.39, 0.29) is 0 Å². The molecule has 0 bridgehead atoms. The Hall–Kier alpha value is -2.00. The molecule has 1 heterocycles. The number of hydrogen-bond acceptors (Lipinski definition) is 2. The minimum Gasteiger partial charge on any atom is -0.399 e. The van der Waals surface area contributed by atoms with Crippen molar-refractivity contribution in [2.24, 2.45) is 0 Å². The molecular formula is C16H16ClN3. The number of rotatable bonds is 2. The zero-order chi connectivity index (χ0) is 14.3. The number of nitrogen functional groups attached to an aromatic ring is 1. The molecule has 2 N–H and O–H groups in total. The van der Waals surface area contributed by atoms with Gasteiger partial charge < -0.3 is 10.3 Å². The minimum atomic E-state index is 0.729. The molecule has 0 atom stereocenters. The van der Waals surface area contributed by atoms with Crippen molar-refractivity contribution in [3.63, 3.8) is 0 Å². The number of anilines is 1. The molecule has 3 aromatic rings. The minimum absolute atomic E-state index is 0.729. The summed E-state index contributed by atoms with van der Waals surface area (Å²) in [6.07, 6.45) is 0. The molecule has 4 heteroatoms. The van der Waals surface area contributed by atoms with Crippen molar-refractivity contribution in [3.05, 3.63) is 47.0 Å². The van der Waals surface area contributed by atoms with Gasteiger partial charge in [0.25, 0.3) is 0 Å². The summed E-state index contributed by atoms with van der Waals surface area (Å²) in [6.45, 7) is 4.96. The predicted octanol–water partition coefficient (Wildman–Crippen LogP) is 4.27. The first kappa shape index (κ1) is 13.0. The van der Waals surface area contributed by atoms with Crippen molar-refractivity contribution in [1.29, 1.82) is 0 Å². The van der Waals surface area contributed by atoms with E-state index < -0.39 is 0 Å². The molecule has 3 rings (SSSR count). The van der Waals surface area contributed by atoms with Crippen LogP contribution in [0.4, 0.5) is 5.69 Å². The largest absolute Gasteiger partial charge is 0.399 e. The molecule has 0 spiro atoms. The molecule has 102 valence electrons. The van der Waals surface area contributed by atoms with E-state index in [0.29, 0.717) is 0 Å². The number of halogens is 1. The van der Waals surface area contributed by atoms with Gasteiger partial charge in [0.05, 0.1) is 11.0 Å². The summed E-state index contributed by atoms with van der Waals surface area (Å²) in [5, 5.41) is 0.729. The molecule has 0 aliphatic rings. The van der Waals surface area contributed by atoms with Gasteiger partial charge in [0.2, 0.25) is 0 Å². The summed E-state index contributed by atoms with van der Waals surface area (Å²) in [4.78, 5) is 4.73. The van der Waals surface area contributed by atoms with Crippen LogP contribution >= 0.6 is 11.6 Å². The Bertz CT molecular complexity index is 790. The third kappa shape index (κ3) is 2.04. The molecule has 1 aromatic heterocycles. The number of aryl methyl sites for hydroxylation is 2. The van der Waals surface area contributed by atoms with Crippen LogP contribution in [0, 0.1) is 6.92 Å². The molecule has 0 unspecified atom stereocenters. The Morgan fingerprint density at radius 3 is 2.70 bits per heavy atom. The van der Waals surface area contributed by atoms with Crippen LogP contribution in [-0.4, -0.2) is 9.55 Å². The van der Waals surface area contributed by atoms with Gasteiger partial charge in [-0.15, -0.1) is 0 Å². The lowest BCUT2D eigenvalue weighted by Crippen LogP contribution is -1.98. The van der Waals surface area contributed by atoms with Gasteiger partial charge in [0.1, 0.15) is 5.82 Å². The Balaban J connectivity index is 2.27. The maximum atomic E-state index is 6.09. The Labute approximate surface area is 123 Å². The van der Waals surface area contributed by atoms with Crippen LogP contribution in [0.1, 0.15) is 12.5 Å². The number of nitrogens with two attached hydrogens (primary N) is 1. The third-order valence-electron chi connectivity index (χ3n) is 3.55. The van der Waals surface area contributed by atoms with Crippen molar-refractivity contribution in [3.8, 4) is 11.4 Å². The molecule has 2 aromatic carbocycles. The van der Waals surface area contributed by atoms with Crippen LogP contribution in [0.2, 0.25) is 5.02 Å². The monoisotopic (exact) mass is 285 g/mol. The molecule has 0 radical (unpaired) electrons. The average molecular weight is 286 g/mol. The second-order valence-electron chi connectivity index (χ2n) is 4.88. The maximum Gasteiger partial charge on any atom is 0.141 e. The second kappa shape index (κ2) is 4.84. The number of benzene rings is 2. The fourth-order valence-electron chi connectivity index (χ4n) is 2.45. The highest BCUT2D eigenvalue weighted by Crippen LogP contribution is 2.28. The highest BCUT2D eigenvalue weighted by molar-refractivity contribution is 6.31. The normalized spacial score (nSPS) is 11.2. The van der Waals surface area contributed by atoms with E-state index in [0.717, 1.165) is 45.2 Å². The van der Waals surface area contributed by atoms with E-state index in [1.807, 2.05) is 37.3 Å². The fraction of sp³-hybridized carbons (Fsp3) is 0.188. The first-order valence-corrected chi connectivity index (χ1v) is 7.00. The SMILES string of the molecule is CCn1c(-c2ccc(N)c(C)c2)nc2ccc(Cl)cc21. The highest BCUT2D eigenvalue weighted by Gasteiger charge is 2.12. The van der Waals surface area contributed by atoms with E-state index in [1.54, 1.807) is 0 Å². The molecule has 0 aliphatic carbocycles. The molecule has 20 heavy (non-hydrogen) atoms.